The number of nitro benzene ring substituents is 1. The number of hydrogen-bond donors (Lipinski definition) is 0. The van der Waals surface area contributed by atoms with Gasteiger partial charge in [-0.25, -0.2) is 12.8 Å². The first-order valence-corrected chi connectivity index (χ1v) is 11.3. The van der Waals surface area contributed by atoms with Gasteiger partial charge in [-0.05, 0) is 31.0 Å². The van der Waals surface area contributed by atoms with Gasteiger partial charge in [-0.1, -0.05) is 12.1 Å². The van der Waals surface area contributed by atoms with Gasteiger partial charge in [0.05, 0.1) is 16.3 Å². The molecule has 0 radical (unpaired) electrons. The summed E-state index contributed by atoms with van der Waals surface area (Å²) in [4.78, 5) is 14.5. The van der Waals surface area contributed by atoms with Crippen LogP contribution in [0.25, 0.3) is 0 Å². The van der Waals surface area contributed by atoms with E-state index in [9.17, 15) is 22.9 Å². The number of piperazine rings is 1. The highest BCUT2D eigenvalue weighted by Crippen LogP contribution is 2.34. The van der Waals surface area contributed by atoms with Crippen LogP contribution >= 0.6 is 0 Å². The monoisotopic (exact) mass is 434 g/mol. The maximum atomic E-state index is 14.1. The van der Waals surface area contributed by atoms with Crippen molar-refractivity contribution >= 4 is 27.1 Å². The molecule has 0 aromatic heterocycles. The highest BCUT2D eigenvalue weighted by molar-refractivity contribution is 7.89. The number of non-ortho nitro benzene ring substituents is 1. The van der Waals surface area contributed by atoms with E-state index >= 15 is 0 Å². The van der Waals surface area contributed by atoms with Crippen molar-refractivity contribution in [1.82, 2.24) is 4.31 Å². The standard InChI is InChI=1S/C20H23FN4O4S/c21-17-5-1-2-6-18(17)22-11-13-23(14-12-22)19-8-7-16(25(26)27)15-20(19)30(28,29)24-9-3-4-10-24/h1-2,5-8,15H,3-4,9-14H2. The predicted octanol–water partition coefficient (Wildman–Crippen LogP) is 2.85. The van der Waals surface area contributed by atoms with Crippen LogP contribution in [0.2, 0.25) is 0 Å². The number of anilines is 2. The molecule has 0 atom stereocenters. The summed E-state index contributed by atoms with van der Waals surface area (Å²) < 4.78 is 41.9. The Hall–Kier alpha value is -2.72. The lowest BCUT2D eigenvalue weighted by atomic mass is 10.2. The second kappa shape index (κ2) is 8.19. The van der Waals surface area contributed by atoms with E-state index < -0.39 is 14.9 Å². The first-order chi connectivity index (χ1) is 14.4. The zero-order valence-corrected chi connectivity index (χ0v) is 17.2. The lowest BCUT2D eigenvalue weighted by Crippen LogP contribution is -2.47. The van der Waals surface area contributed by atoms with E-state index in [0.717, 1.165) is 18.9 Å². The molecular weight excluding hydrogens is 411 g/mol. The Labute approximate surface area is 174 Å². The van der Waals surface area contributed by atoms with Gasteiger partial charge in [0.1, 0.15) is 10.7 Å². The molecule has 2 aromatic carbocycles. The molecular formula is C20H23FN4O4S. The number of benzene rings is 2. The van der Waals surface area contributed by atoms with Gasteiger partial charge in [0, 0.05) is 51.4 Å². The maximum Gasteiger partial charge on any atom is 0.270 e. The van der Waals surface area contributed by atoms with Crippen LogP contribution in [-0.2, 0) is 10.0 Å². The molecule has 160 valence electrons. The lowest BCUT2D eigenvalue weighted by Gasteiger charge is -2.38. The fourth-order valence-electron chi connectivity index (χ4n) is 4.05. The summed E-state index contributed by atoms with van der Waals surface area (Å²) in [5, 5.41) is 11.3. The van der Waals surface area contributed by atoms with Gasteiger partial charge in [0.25, 0.3) is 5.69 Å². The average molecular weight is 434 g/mol. The summed E-state index contributed by atoms with van der Waals surface area (Å²) in [7, 11) is -3.83. The van der Waals surface area contributed by atoms with Crippen LogP contribution in [0.5, 0.6) is 0 Å². The van der Waals surface area contributed by atoms with Crippen LogP contribution in [0.3, 0.4) is 0 Å². The number of nitro groups is 1. The van der Waals surface area contributed by atoms with Crippen molar-refractivity contribution in [1.29, 1.82) is 0 Å². The molecule has 30 heavy (non-hydrogen) atoms. The minimum Gasteiger partial charge on any atom is -0.367 e. The fraction of sp³-hybridized carbons (Fsp3) is 0.400. The molecule has 2 heterocycles. The van der Waals surface area contributed by atoms with Crippen LogP contribution < -0.4 is 9.80 Å². The van der Waals surface area contributed by atoms with E-state index in [4.69, 9.17) is 0 Å². The van der Waals surface area contributed by atoms with Crippen molar-refractivity contribution in [2.45, 2.75) is 17.7 Å². The SMILES string of the molecule is O=[N+]([O-])c1ccc(N2CCN(c3ccccc3F)CC2)c(S(=O)(=O)N2CCCC2)c1. The summed E-state index contributed by atoms with van der Waals surface area (Å²) in [5.74, 6) is -0.293. The van der Waals surface area contributed by atoms with E-state index in [2.05, 4.69) is 0 Å². The van der Waals surface area contributed by atoms with Gasteiger partial charge in [0.15, 0.2) is 0 Å². The maximum absolute atomic E-state index is 14.1. The molecule has 0 amide bonds. The first-order valence-electron chi connectivity index (χ1n) is 9.91. The number of halogens is 1. The van der Waals surface area contributed by atoms with Crippen molar-refractivity contribution in [3.63, 3.8) is 0 Å². The largest absolute Gasteiger partial charge is 0.367 e. The quantitative estimate of drug-likeness (QED) is 0.531. The Morgan fingerprint density at radius 3 is 2.07 bits per heavy atom. The predicted molar refractivity (Wildman–Crippen MR) is 112 cm³/mol. The Kier molecular flexibility index (Phi) is 5.61. The number of nitrogens with zero attached hydrogens (tertiary/aromatic N) is 4. The van der Waals surface area contributed by atoms with E-state index in [1.807, 2.05) is 9.80 Å². The molecule has 0 bridgehead atoms. The second-order valence-electron chi connectivity index (χ2n) is 7.45. The average Bonchev–Trinajstić information content (AvgIpc) is 3.30. The third kappa shape index (κ3) is 3.84. The molecule has 10 heteroatoms. The molecule has 8 nitrogen and oxygen atoms in total. The van der Waals surface area contributed by atoms with Crippen LogP contribution in [0.4, 0.5) is 21.5 Å². The van der Waals surface area contributed by atoms with Crippen molar-refractivity contribution in [2.75, 3.05) is 49.1 Å². The van der Waals surface area contributed by atoms with E-state index in [1.165, 1.54) is 22.5 Å². The van der Waals surface area contributed by atoms with Crippen LogP contribution in [0.1, 0.15) is 12.8 Å². The minimum atomic E-state index is -3.83. The summed E-state index contributed by atoms with van der Waals surface area (Å²) in [5.41, 5.74) is 0.730. The van der Waals surface area contributed by atoms with Crippen molar-refractivity contribution < 1.29 is 17.7 Å². The number of sulfonamides is 1. The lowest BCUT2D eigenvalue weighted by molar-refractivity contribution is -0.385. The van der Waals surface area contributed by atoms with Crippen molar-refractivity contribution in [3.05, 3.63) is 58.4 Å². The summed E-state index contributed by atoms with van der Waals surface area (Å²) in [6.07, 6.45) is 1.57. The van der Waals surface area contributed by atoms with Gasteiger partial charge in [0.2, 0.25) is 10.0 Å². The highest BCUT2D eigenvalue weighted by atomic mass is 32.2. The molecule has 2 saturated heterocycles. The molecule has 4 rings (SSSR count). The molecule has 0 saturated carbocycles. The van der Waals surface area contributed by atoms with E-state index in [0.29, 0.717) is 50.6 Å². The van der Waals surface area contributed by atoms with Gasteiger partial charge in [-0.2, -0.15) is 4.31 Å². The Balaban J connectivity index is 1.63. The summed E-state index contributed by atoms with van der Waals surface area (Å²) in [6, 6.07) is 10.6. The molecule has 0 unspecified atom stereocenters. The third-order valence-electron chi connectivity index (χ3n) is 5.65. The first kappa shape index (κ1) is 20.5. The molecule has 2 fully saturated rings. The van der Waals surface area contributed by atoms with Gasteiger partial charge < -0.3 is 9.80 Å². The molecule has 0 spiro atoms. The normalized spacial score (nSPS) is 18.0. The Bertz CT molecular complexity index is 1050. The molecule has 2 aliphatic rings. The zero-order chi connectivity index (χ0) is 21.3. The zero-order valence-electron chi connectivity index (χ0n) is 16.4. The van der Waals surface area contributed by atoms with Crippen LogP contribution in [-0.4, -0.2) is 56.9 Å². The summed E-state index contributed by atoms with van der Waals surface area (Å²) in [6.45, 7) is 2.84. The Morgan fingerprint density at radius 2 is 1.47 bits per heavy atom. The summed E-state index contributed by atoms with van der Waals surface area (Å²) >= 11 is 0. The van der Waals surface area contributed by atoms with Crippen molar-refractivity contribution in [2.24, 2.45) is 0 Å². The topological polar surface area (TPSA) is 87.0 Å². The smallest absolute Gasteiger partial charge is 0.270 e. The number of hydrogen-bond acceptors (Lipinski definition) is 6. The van der Waals surface area contributed by atoms with Crippen molar-refractivity contribution in [3.8, 4) is 0 Å². The van der Waals surface area contributed by atoms with E-state index in [1.54, 1.807) is 18.2 Å². The van der Waals surface area contributed by atoms with Gasteiger partial charge in [-0.15, -0.1) is 0 Å². The number of rotatable bonds is 5. The molecule has 0 aliphatic carbocycles. The van der Waals surface area contributed by atoms with Crippen LogP contribution in [0, 0.1) is 15.9 Å². The number of para-hydroxylation sites is 1. The molecule has 2 aromatic rings. The fourth-order valence-corrected chi connectivity index (χ4v) is 5.80. The third-order valence-corrected chi connectivity index (χ3v) is 7.58. The second-order valence-corrected chi connectivity index (χ2v) is 9.35. The van der Waals surface area contributed by atoms with Gasteiger partial charge >= 0.3 is 0 Å². The van der Waals surface area contributed by atoms with Crippen LogP contribution in [0.15, 0.2) is 47.4 Å². The van der Waals surface area contributed by atoms with Gasteiger partial charge in [-0.3, -0.25) is 10.1 Å². The Morgan fingerprint density at radius 1 is 0.867 bits per heavy atom. The molecule has 0 N–H and O–H groups in total. The highest BCUT2D eigenvalue weighted by Gasteiger charge is 2.33. The van der Waals surface area contributed by atoms with E-state index in [-0.39, 0.29) is 16.4 Å². The minimum absolute atomic E-state index is 0.0297. The molecule has 2 aliphatic heterocycles.